The van der Waals surface area contributed by atoms with Crippen LogP contribution in [0.5, 0.6) is 0 Å². The summed E-state index contributed by atoms with van der Waals surface area (Å²) in [5.74, 6) is 1.91. The van der Waals surface area contributed by atoms with E-state index >= 15 is 0 Å². The monoisotopic (exact) mass is 279 g/mol. The number of aromatic nitrogens is 3. The summed E-state index contributed by atoms with van der Waals surface area (Å²) >= 11 is 0. The Labute approximate surface area is 116 Å². The molecular weight excluding hydrogens is 262 g/mol. The molecule has 2 heterocycles. The molecular formula is C12H17N5O3. The number of nitrogens with zero attached hydrogens (tertiary/aromatic N) is 3. The average Bonchev–Trinajstić information content (AvgIpc) is 3.04. The van der Waals surface area contributed by atoms with Crippen LogP contribution in [0, 0.1) is 0 Å². The number of urea groups is 1. The number of carbonyl (C=O) groups is 1. The second kappa shape index (κ2) is 6.18. The van der Waals surface area contributed by atoms with Gasteiger partial charge in [-0.15, -0.1) is 0 Å². The van der Waals surface area contributed by atoms with Crippen LogP contribution >= 0.6 is 0 Å². The summed E-state index contributed by atoms with van der Waals surface area (Å²) in [5.41, 5.74) is 0. The first kappa shape index (κ1) is 14.0. The van der Waals surface area contributed by atoms with Gasteiger partial charge in [-0.05, 0) is 0 Å². The molecule has 0 fully saturated rings. The van der Waals surface area contributed by atoms with Crippen LogP contribution in [-0.2, 0) is 13.0 Å². The van der Waals surface area contributed by atoms with Crippen LogP contribution in [-0.4, -0.2) is 21.2 Å². The lowest BCUT2D eigenvalue weighted by Crippen LogP contribution is -2.28. The molecule has 2 aromatic heterocycles. The number of carbonyl (C=O) groups excluding carboxylic acids is 1. The van der Waals surface area contributed by atoms with Crippen molar-refractivity contribution in [3.05, 3.63) is 23.7 Å². The van der Waals surface area contributed by atoms with Gasteiger partial charge in [0.25, 0.3) is 0 Å². The van der Waals surface area contributed by atoms with Crippen molar-refractivity contribution in [3.63, 3.8) is 0 Å². The summed E-state index contributed by atoms with van der Waals surface area (Å²) in [6.07, 6.45) is 2.40. The van der Waals surface area contributed by atoms with Crippen molar-refractivity contribution >= 4 is 12.0 Å². The second-order valence-electron chi connectivity index (χ2n) is 4.49. The van der Waals surface area contributed by atoms with Gasteiger partial charge in [0.2, 0.25) is 5.89 Å². The van der Waals surface area contributed by atoms with Gasteiger partial charge in [-0.25, -0.2) is 9.78 Å². The highest BCUT2D eigenvalue weighted by atomic mass is 16.5. The predicted molar refractivity (Wildman–Crippen MR) is 70.1 cm³/mol. The zero-order chi connectivity index (χ0) is 14.5. The highest BCUT2D eigenvalue weighted by Gasteiger charge is 2.12. The predicted octanol–water partition coefficient (Wildman–Crippen LogP) is 2.07. The van der Waals surface area contributed by atoms with Crippen molar-refractivity contribution in [2.24, 2.45) is 0 Å². The van der Waals surface area contributed by atoms with Crippen LogP contribution in [0.2, 0.25) is 0 Å². The second-order valence-corrected chi connectivity index (χ2v) is 4.49. The van der Waals surface area contributed by atoms with Crippen molar-refractivity contribution in [1.29, 1.82) is 0 Å². The summed E-state index contributed by atoms with van der Waals surface area (Å²) in [6.45, 7) is 6.02. The molecule has 2 amide bonds. The minimum Gasteiger partial charge on any atom is -0.444 e. The molecule has 0 spiro atoms. The smallest absolute Gasteiger partial charge is 0.329 e. The van der Waals surface area contributed by atoms with Gasteiger partial charge in [-0.1, -0.05) is 25.9 Å². The Morgan fingerprint density at radius 2 is 2.25 bits per heavy atom. The molecule has 2 aromatic rings. The number of oxazole rings is 1. The molecule has 0 aliphatic heterocycles. The summed E-state index contributed by atoms with van der Waals surface area (Å²) < 4.78 is 10.3. The first-order valence-corrected chi connectivity index (χ1v) is 6.40. The summed E-state index contributed by atoms with van der Waals surface area (Å²) in [6, 6.07) is -0.395. The summed E-state index contributed by atoms with van der Waals surface area (Å²) in [5, 5.41) is 8.78. The van der Waals surface area contributed by atoms with Crippen LogP contribution in [0.1, 0.15) is 44.2 Å². The molecule has 108 valence electrons. The molecule has 0 aliphatic carbocycles. The van der Waals surface area contributed by atoms with E-state index in [0.717, 1.165) is 12.2 Å². The van der Waals surface area contributed by atoms with E-state index in [4.69, 9.17) is 8.94 Å². The van der Waals surface area contributed by atoms with E-state index in [-0.39, 0.29) is 18.5 Å². The van der Waals surface area contributed by atoms with Gasteiger partial charge >= 0.3 is 12.0 Å². The van der Waals surface area contributed by atoms with Gasteiger partial charge in [-0.2, -0.15) is 4.98 Å². The molecule has 20 heavy (non-hydrogen) atoms. The molecule has 0 radical (unpaired) electrons. The van der Waals surface area contributed by atoms with E-state index in [0.29, 0.717) is 11.7 Å². The van der Waals surface area contributed by atoms with Crippen LogP contribution in [0.15, 0.2) is 15.1 Å². The van der Waals surface area contributed by atoms with Gasteiger partial charge in [-0.3, -0.25) is 5.32 Å². The van der Waals surface area contributed by atoms with E-state index in [1.54, 1.807) is 6.20 Å². The van der Waals surface area contributed by atoms with Crippen molar-refractivity contribution in [3.8, 4) is 0 Å². The maximum atomic E-state index is 11.6. The zero-order valence-corrected chi connectivity index (χ0v) is 11.6. The van der Waals surface area contributed by atoms with Crippen LogP contribution in [0.4, 0.5) is 10.8 Å². The van der Waals surface area contributed by atoms with Crippen molar-refractivity contribution in [1.82, 2.24) is 20.4 Å². The molecule has 2 N–H and O–H groups in total. The molecule has 0 aromatic carbocycles. The van der Waals surface area contributed by atoms with Crippen LogP contribution in [0.3, 0.4) is 0 Å². The number of hydrogen-bond donors (Lipinski definition) is 2. The molecule has 0 bridgehead atoms. The number of nitrogens with one attached hydrogen (secondary N) is 2. The number of rotatable bonds is 5. The summed E-state index contributed by atoms with van der Waals surface area (Å²) in [4.78, 5) is 19.7. The van der Waals surface area contributed by atoms with E-state index < -0.39 is 6.03 Å². The average molecular weight is 279 g/mol. The third-order valence-electron chi connectivity index (χ3n) is 2.53. The normalized spacial score (nSPS) is 10.8. The van der Waals surface area contributed by atoms with Gasteiger partial charge in [0.1, 0.15) is 5.76 Å². The maximum Gasteiger partial charge on any atom is 0.329 e. The molecule has 0 saturated heterocycles. The fraction of sp³-hybridized carbons (Fsp3) is 0.500. The van der Waals surface area contributed by atoms with E-state index in [2.05, 4.69) is 25.8 Å². The fourth-order valence-electron chi connectivity index (χ4n) is 1.41. The first-order chi connectivity index (χ1) is 9.58. The minimum atomic E-state index is -0.458. The van der Waals surface area contributed by atoms with Crippen LogP contribution in [0.25, 0.3) is 0 Å². The SMILES string of the molecule is CCc1cnc(CNC(=O)Nc2nc(C(C)C)no2)o1. The third-order valence-corrected chi connectivity index (χ3v) is 2.53. The molecule has 0 aliphatic rings. The number of anilines is 1. The van der Waals surface area contributed by atoms with E-state index in [9.17, 15) is 4.79 Å². The molecule has 0 saturated carbocycles. The molecule has 2 rings (SSSR count). The van der Waals surface area contributed by atoms with Crippen LogP contribution < -0.4 is 10.6 Å². The van der Waals surface area contributed by atoms with Crippen molar-refractivity contribution in [2.45, 2.75) is 39.7 Å². The zero-order valence-electron chi connectivity index (χ0n) is 11.6. The lowest BCUT2D eigenvalue weighted by molar-refractivity contribution is 0.249. The van der Waals surface area contributed by atoms with E-state index in [1.807, 2.05) is 20.8 Å². The fourth-order valence-corrected chi connectivity index (χ4v) is 1.41. The molecule has 0 atom stereocenters. The van der Waals surface area contributed by atoms with Gasteiger partial charge in [0.05, 0.1) is 12.7 Å². The Hall–Kier alpha value is -2.38. The van der Waals surface area contributed by atoms with Gasteiger partial charge in [0.15, 0.2) is 5.82 Å². The largest absolute Gasteiger partial charge is 0.444 e. The molecule has 8 nitrogen and oxygen atoms in total. The Morgan fingerprint density at radius 3 is 2.85 bits per heavy atom. The number of aryl methyl sites for hydroxylation is 1. The minimum absolute atomic E-state index is 0.0628. The highest BCUT2D eigenvalue weighted by Crippen LogP contribution is 2.12. The lowest BCUT2D eigenvalue weighted by Gasteiger charge is -2.01. The standard InChI is InChI=1S/C12H17N5O3/c1-4-8-5-13-9(19-8)6-14-11(18)16-12-15-10(7(2)3)17-20-12/h5,7H,4,6H2,1-3H3,(H2,14,15,16,17,18). The van der Waals surface area contributed by atoms with Gasteiger partial charge in [0, 0.05) is 12.3 Å². The highest BCUT2D eigenvalue weighted by molar-refractivity contribution is 5.86. The van der Waals surface area contributed by atoms with Crippen molar-refractivity contribution < 1.29 is 13.7 Å². The number of hydrogen-bond acceptors (Lipinski definition) is 6. The topological polar surface area (TPSA) is 106 Å². The Morgan fingerprint density at radius 1 is 1.45 bits per heavy atom. The Balaban J connectivity index is 1.82. The quantitative estimate of drug-likeness (QED) is 0.867. The van der Waals surface area contributed by atoms with Crippen molar-refractivity contribution in [2.75, 3.05) is 5.32 Å². The third kappa shape index (κ3) is 3.56. The summed E-state index contributed by atoms with van der Waals surface area (Å²) in [7, 11) is 0. The molecule has 0 unspecified atom stereocenters. The molecule has 8 heteroatoms. The lowest BCUT2D eigenvalue weighted by atomic mass is 10.2. The first-order valence-electron chi connectivity index (χ1n) is 6.40. The maximum absolute atomic E-state index is 11.6. The van der Waals surface area contributed by atoms with Gasteiger partial charge < -0.3 is 14.3 Å². The Kier molecular flexibility index (Phi) is 4.34. The Bertz CT molecular complexity index is 575. The number of amides is 2. The van der Waals surface area contributed by atoms with E-state index in [1.165, 1.54) is 0 Å².